The van der Waals surface area contributed by atoms with E-state index in [1.807, 2.05) is 5.38 Å². The summed E-state index contributed by atoms with van der Waals surface area (Å²) in [6.07, 6.45) is 0. The average Bonchev–Trinajstić information content (AvgIpc) is 2.80. The monoisotopic (exact) mass is 278 g/mol. The van der Waals surface area contributed by atoms with Gasteiger partial charge >= 0.3 is 5.97 Å². The number of nitrogen functional groups attached to an aromatic ring is 1. The fraction of sp³-hybridized carbons (Fsp3) is 0.250. The number of hydrogen-bond acceptors (Lipinski definition) is 6. The SMILES string of the molecule is CC(C)c1csc(Nc2nc(C(=O)O)ccc2N)n1. The number of carboxylic acids is 1. The van der Waals surface area contributed by atoms with Crippen molar-refractivity contribution >= 4 is 33.9 Å². The maximum Gasteiger partial charge on any atom is 0.354 e. The van der Waals surface area contributed by atoms with E-state index in [0.29, 0.717) is 22.6 Å². The summed E-state index contributed by atoms with van der Waals surface area (Å²) >= 11 is 1.43. The van der Waals surface area contributed by atoms with Crippen LogP contribution in [0.15, 0.2) is 17.5 Å². The molecule has 0 fully saturated rings. The second kappa shape index (κ2) is 5.23. The number of nitrogens with one attached hydrogen (secondary N) is 1. The lowest BCUT2D eigenvalue weighted by Gasteiger charge is -2.06. The zero-order valence-corrected chi connectivity index (χ0v) is 11.4. The van der Waals surface area contributed by atoms with Crippen LogP contribution in [0.3, 0.4) is 0 Å². The third-order valence-corrected chi connectivity index (χ3v) is 3.26. The number of rotatable bonds is 4. The predicted molar refractivity (Wildman–Crippen MR) is 75.1 cm³/mol. The topological polar surface area (TPSA) is 101 Å². The Kier molecular flexibility index (Phi) is 3.66. The normalized spacial score (nSPS) is 10.7. The molecule has 0 unspecified atom stereocenters. The number of nitrogens with zero attached hydrogens (tertiary/aromatic N) is 2. The second-order valence-electron chi connectivity index (χ2n) is 4.30. The lowest BCUT2D eigenvalue weighted by molar-refractivity contribution is 0.0690. The number of hydrogen-bond donors (Lipinski definition) is 3. The standard InChI is InChI=1S/C12H14N4O2S/c1-6(2)9-5-19-12(15-9)16-10-7(13)3-4-8(14-10)11(17)18/h3-6H,13H2,1-2H3,(H,17,18)(H,14,15,16). The van der Waals surface area contributed by atoms with Gasteiger partial charge < -0.3 is 16.2 Å². The van der Waals surface area contributed by atoms with Crippen molar-refractivity contribution in [1.82, 2.24) is 9.97 Å². The Labute approximate surface area is 114 Å². The van der Waals surface area contributed by atoms with Gasteiger partial charge in [-0.2, -0.15) is 0 Å². The van der Waals surface area contributed by atoms with Crippen molar-refractivity contribution < 1.29 is 9.90 Å². The van der Waals surface area contributed by atoms with E-state index in [-0.39, 0.29) is 5.69 Å². The van der Waals surface area contributed by atoms with Gasteiger partial charge in [0.15, 0.2) is 16.6 Å². The van der Waals surface area contributed by atoms with E-state index < -0.39 is 5.97 Å². The minimum atomic E-state index is -1.09. The Morgan fingerprint density at radius 2 is 2.16 bits per heavy atom. The van der Waals surface area contributed by atoms with Crippen molar-refractivity contribution in [2.45, 2.75) is 19.8 Å². The first-order valence-corrected chi connectivity index (χ1v) is 6.57. The molecular weight excluding hydrogens is 264 g/mol. The van der Waals surface area contributed by atoms with E-state index in [4.69, 9.17) is 10.8 Å². The van der Waals surface area contributed by atoms with Crippen LogP contribution in [0.4, 0.5) is 16.6 Å². The van der Waals surface area contributed by atoms with E-state index in [9.17, 15) is 4.79 Å². The van der Waals surface area contributed by atoms with Gasteiger partial charge in [0.2, 0.25) is 0 Å². The number of nitrogens with two attached hydrogens (primary N) is 1. The maximum absolute atomic E-state index is 10.9. The average molecular weight is 278 g/mol. The zero-order valence-electron chi connectivity index (χ0n) is 10.5. The van der Waals surface area contributed by atoms with Gasteiger partial charge in [0.25, 0.3) is 0 Å². The number of pyridine rings is 1. The van der Waals surface area contributed by atoms with E-state index in [0.717, 1.165) is 5.69 Å². The summed E-state index contributed by atoms with van der Waals surface area (Å²) in [4.78, 5) is 19.2. The molecular formula is C12H14N4O2S. The number of thiazole rings is 1. The van der Waals surface area contributed by atoms with Crippen molar-refractivity contribution in [3.8, 4) is 0 Å². The summed E-state index contributed by atoms with van der Waals surface area (Å²) in [5, 5.41) is 14.4. The molecule has 0 amide bonds. The summed E-state index contributed by atoms with van der Waals surface area (Å²) < 4.78 is 0. The van der Waals surface area contributed by atoms with Crippen molar-refractivity contribution in [2.75, 3.05) is 11.1 Å². The molecule has 6 nitrogen and oxygen atoms in total. The van der Waals surface area contributed by atoms with Crippen LogP contribution < -0.4 is 11.1 Å². The first-order valence-electron chi connectivity index (χ1n) is 5.69. The fourth-order valence-corrected chi connectivity index (χ4v) is 2.27. The van der Waals surface area contributed by atoms with Gasteiger partial charge in [0.1, 0.15) is 0 Å². The van der Waals surface area contributed by atoms with E-state index >= 15 is 0 Å². The minimum Gasteiger partial charge on any atom is -0.477 e. The molecule has 100 valence electrons. The number of anilines is 3. The third-order valence-electron chi connectivity index (χ3n) is 2.48. The molecule has 0 aliphatic rings. The van der Waals surface area contributed by atoms with Gasteiger partial charge in [0.05, 0.1) is 11.4 Å². The van der Waals surface area contributed by atoms with Crippen LogP contribution in [0.5, 0.6) is 0 Å². The first-order chi connectivity index (χ1) is 8.97. The quantitative estimate of drug-likeness (QED) is 0.794. The van der Waals surface area contributed by atoms with Crippen molar-refractivity contribution in [3.05, 3.63) is 28.9 Å². The smallest absolute Gasteiger partial charge is 0.354 e. The number of aromatic nitrogens is 2. The summed E-state index contributed by atoms with van der Waals surface area (Å²) in [5.74, 6) is -0.447. The highest BCUT2D eigenvalue weighted by Gasteiger charge is 2.11. The van der Waals surface area contributed by atoms with Crippen LogP contribution in [-0.2, 0) is 0 Å². The second-order valence-corrected chi connectivity index (χ2v) is 5.15. The van der Waals surface area contributed by atoms with Gasteiger partial charge in [-0.3, -0.25) is 0 Å². The molecule has 0 aliphatic heterocycles. The number of carbonyl (C=O) groups is 1. The van der Waals surface area contributed by atoms with Crippen LogP contribution in [0, 0.1) is 0 Å². The molecule has 2 rings (SSSR count). The fourth-order valence-electron chi connectivity index (χ4n) is 1.40. The zero-order chi connectivity index (χ0) is 14.0. The van der Waals surface area contributed by atoms with Gasteiger partial charge in [-0.15, -0.1) is 11.3 Å². The van der Waals surface area contributed by atoms with Crippen LogP contribution in [0.2, 0.25) is 0 Å². The summed E-state index contributed by atoms with van der Waals surface area (Å²) in [6.45, 7) is 4.10. The molecule has 2 aromatic heterocycles. The molecule has 0 aliphatic carbocycles. The predicted octanol–water partition coefficient (Wildman–Crippen LogP) is 2.69. The van der Waals surface area contributed by atoms with E-state index in [2.05, 4.69) is 29.1 Å². The summed E-state index contributed by atoms with van der Waals surface area (Å²) in [6, 6.07) is 2.87. The lowest BCUT2D eigenvalue weighted by Crippen LogP contribution is -2.05. The Morgan fingerprint density at radius 1 is 1.42 bits per heavy atom. The Morgan fingerprint density at radius 3 is 2.74 bits per heavy atom. The number of carboxylic acid groups (broad SMARTS) is 1. The van der Waals surface area contributed by atoms with E-state index in [1.54, 1.807) is 0 Å². The van der Waals surface area contributed by atoms with Crippen LogP contribution in [0.1, 0.15) is 35.9 Å². The largest absolute Gasteiger partial charge is 0.477 e. The summed E-state index contributed by atoms with van der Waals surface area (Å²) in [5.41, 5.74) is 7.06. The Balaban J connectivity index is 2.26. The molecule has 0 bridgehead atoms. The van der Waals surface area contributed by atoms with Gasteiger partial charge in [-0.05, 0) is 18.1 Å². The van der Waals surface area contributed by atoms with Crippen LogP contribution >= 0.6 is 11.3 Å². The highest BCUT2D eigenvalue weighted by atomic mass is 32.1. The molecule has 4 N–H and O–H groups in total. The molecule has 2 heterocycles. The molecule has 0 atom stereocenters. The third kappa shape index (κ3) is 3.00. The van der Waals surface area contributed by atoms with Crippen molar-refractivity contribution in [1.29, 1.82) is 0 Å². The molecule has 2 aromatic rings. The molecule has 0 saturated heterocycles. The Hall–Kier alpha value is -2.15. The van der Waals surface area contributed by atoms with Crippen molar-refractivity contribution in [2.24, 2.45) is 0 Å². The van der Waals surface area contributed by atoms with E-state index in [1.165, 1.54) is 23.5 Å². The summed E-state index contributed by atoms with van der Waals surface area (Å²) in [7, 11) is 0. The molecule has 19 heavy (non-hydrogen) atoms. The van der Waals surface area contributed by atoms with Crippen LogP contribution in [-0.4, -0.2) is 21.0 Å². The Bertz CT molecular complexity index is 610. The first kappa shape index (κ1) is 13.3. The molecule has 7 heteroatoms. The van der Waals surface area contributed by atoms with Crippen molar-refractivity contribution in [3.63, 3.8) is 0 Å². The molecule has 0 spiro atoms. The molecule has 0 saturated carbocycles. The molecule has 0 radical (unpaired) electrons. The molecule has 0 aromatic carbocycles. The maximum atomic E-state index is 10.9. The minimum absolute atomic E-state index is 0.0580. The van der Waals surface area contributed by atoms with Gasteiger partial charge in [0, 0.05) is 5.38 Å². The van der Waals surface area contributed by atoms with Gasteiger partial charge in [-0.1, -0.05) is 13.8 Å². The lowest BCUT2D eigenvalue weighted by atomic mass is 10.2. The highest BCUT2D eigenvalue weighted by molar-refractivity contribution is 7.13. The van der Waals surface area contributed by atoms with Crippen LogP contribution in [0.25, 0.3) is 0 Å². The highest BCUT2D eigenvalue weighted by Crippen LogP contribution is 2.26. The number of aromatic carboxylic acids is 1. The van der Waals surface area contributed by atoms with Gasteiger partial charge in [-0.25, -0.2) is 14.8 Å².